The number of nitrogens with zero attached hydrogens (tertiary/aromatic N) is 6. The average Bonchev–Trinajstić information content (AvgIpc) is 4.23. The van der Waals surface area contributed by atoms with Crippen LogP contribution in [0.2, 0.25) is 0 Å². The van der Waals surface area contributed by atoms with Gasteiger partial charge in [0, 0.05) is 71.3 Å². The normalized spacial score (nSPS) is 18.6. The Morgan fingerprint density at radius 3 is 1.67 bits per heavy atom. The van der Waals surface area contributed by atoms with Gasteiger partial charge in [-0.15, -0.1) is 5.10 Å². The highest BCUT2D eigenvalue weighted by Crippen LogP contribution is 2.58. The quantitative estimate of drug-likeness (QED) is 0.0564. The molecule has 1 amide bonds. The number of aromatic nitrogens is 3. The lowest BCUT2D eigenvalue weighted by Crippen LogP contribution is -2.60. The summed E-state index contributed by atoms with van der Waals surface area (Å²) in [5.41, 5.74) is 6.94. The summed E-state index contributed by atoms with van der Waals surface area (Å²) in [5, 5.41) is 9.04. The first-order valence-corrected chi connectivity index (χ1v) is 28.9. The van der Waals surface area contributed by atoms with E-state index in [2.05, 4.69) is 84.2 Å². The third kappa shape index (κ3) is 11.7. The molecule has 0 unspecified atom stereocenters. The predicted octanol–water partition coefficient (Wildman–Crippen LogP) is 11.8. The van der Waals surface area contributed by atoms with Crippen molar-refractivity contribution in [1.29, 1.82) is 0 Å². The molecule has 11 rings (SSSR count). The molecule has 4 heterocycles. The number of benzene rings is 7. The largest absolute Gasteiger partial charge is 0.461 e. The van der Waals surface area contributed by atoms with E-state index in [0.717, 1.165) is 75.8 Å². The Morgan fingerprint density at radius 2 is 1.11 bits per heavy atom. The summed E-state index contributed by atoms with van der Waals surface area (Å²) in [6.07, 6.45) is -1.10. The van der Waals surface area contributed by atoms with Gasteiger partial charge >= 0.3 is 5.97 Å². The zero-order chi connectivity index (χ0) is 55.7. The van der Waals surface area contributed by atoms with E-state index in [1.165, 1.54) is 16.4 Å². The summed E-state index contributed by atoms with van der Waals surface area (Å²) in [4.78, 5) is 36.7. The monoisotopic (exact) mass is 1100 g/mol. The molecule has 0 N–H and O–H groups in total. The van der Waals surface area contributed by atoms with Gasteiger partial charge in [-0.2, -0.15) is 0 Å². The van der Waals surface area contributed by atoms with E-state index in [1.54, 1.807) is 6.20 Å². The van der Waals surface area contributed by atoms with Crippen molar-refractivity contribution in [3.63, 3.8) is 0 Å². The van der Waals surface area contributed by atoms with E-state index in [-0.39, 0.29) is 38.8 Å². The first-order valence-electron chi connectivity index (χ1n) is 28.0. The summed E-state index contributed by atoms with van der Waals surface area (Å²) in [6.45, 7) is 12.3. The number of carbonyl (C=O) groups is 2. The minimum atomic E-state index is -1.09. The molecule has 1 fully saturated rings. The van der Waals surface area contributed by atoms with Crippen molar-refractivity contribution in [2.24, 2.45) is 0 Å². The smallest absolute Gasteiger partial charge is 0.327 e. The topological polar surface area (TPSA) is 130 Å². The molecule has 3 aliphatic rings. The first kappa shape index (κ1) is 55.1. The van der Waals surface area contributed by atoms with Crippen molar-refractivity contribution in [2.75, 3.05) is 42.6 Å². The van der Waals surface area contributed by atoms with Gasteiger partial charge in [0.2, 0.25) is 0 Å². The number of fused-ring (bicyclic) bond motifs is 6. The minimum Gasteiger partial charge on any atom is -0.461 e. The van der Waals surface area contributed by atoms with Crippen LogP contribution in [-0.4, -0.2) is 94.4 Å². The van der Waals surface area contributed by atoms with Crippen LogP contribution in [0.4, 0.5) is 11.4 Å². The Kier molecular flexibility index (Phi) is 17.2. The van der Waals surface area contributed by atoms with Gasteiger partial charge in [-0.3, -0.25) is 9.59 Å². The van der Waals surface area contributed by atoms with Gasteiger partial charge in [-0.1, -0.05) is 157 Å². The van der Waals surface area contributed by atoms with E-state index < -0.39 is 41.4 Å². The third-order valence-corrected chi connectivity index (χ3v) is 16.6. The maximum atomic E-state index is 15.1. The zero-order valence-electron chi connectivity index (χ0n) is 46.2. The maximum Gasteiger partial charge on any atom is 0.327 e. The molecule has 14 nitrogen and oxygen atoms in total. The van der Waals surface area contributed by atoms with Crippen molar-refractivity contribution < 1.29 is 38.0 Å². The van der Waals surface area contributed by atoms with Crippen LogP contribution < -0.4 is 14.5 Å². The van der Waals surface area contributed by atoms with Crippen molar-refractivity contribution in [3.8, 4) is 11.5 Å². The lowest BCUT2D eigenvalue weighted by molar-refractivity contribution is -0.253. The Hall–Kier alpha value is -7.79. The zero-order valence-corrected chi connectivity index (χ0v) is 47.0. The van der Waals surface area contributed by atoms with Gasteiger partial charge in [0.05, 0.1) is 32.6 Å². The molecule has 5 atom stereocenters. The van der Waals surface area contributed by atoms with E-state index >= 15 is 4.79 Å². The third-order valence-electron chi connectivity index (χ3n) is 15.4. The second kappa shape index (κ2) is 25.3. The Bertz CT molecular complexity index is 3320. The molecule has 0 aliphatic carbocycles. The summed E-state index contributed by atoms with van der Waals surface area (Å²) < 4.78 is 42.2. The summed E-state index contributed by atoms with van der Waals surface area (Å²) in [6, 6.07) is 60.4. The van der Waals surface area contributed by atoms with Crippen LogP contribution in [0.1, 0.15) is 77.1 Å². The highest BCUT2D eigenvalue weighted by Gasteiger charge is 2.57. The number of esters is 1. The molecule has 3 aliphatic heterocycles. The number of amides is 1. The molecular formula is C66H68N6O8S. The summed E-state index contributed by atoms with van der Waals surface area (Å²) >= 11 is 1.53. The molecular weight excluding hydrogens is 1040 g/mol. The Morgan fingerprint density at radius 1 is 0.605 bits per heavy atom. The molecule has 0 saturated carbocycles. The van der Waals surface area contributed by atoms with Crippen molar-refractivity contribution in [1.82, 2.24) is 19.9 Å². The Labute approximate surface area is 478 Å². The number of hydrogen-bond acceptors (Lipinski definition) is 13. The molecule has 1 saturated heterocycles. The lowest BCUT2D eigenvalue weighted by Gasteiger charge is -2.45. The molecule has 1 spiro atoms. The van der Waals surface area contributed by atoms with Gasteiger partial charge in [0.15, 0.2) is 0 Å². The highest BCUT2D eigenvalue weighted by atomic mass is 32.2. The molecule has 7 aromatic carbocycles. The number of carbonyl (C=O) groups excluding carboxylic acids is 2. The van der Waals surface area contributed by atoms with Gasteiger partial charge in [-0.25, -0.2) is 4.68 Å². The molecule has 81 heavy (non-hydrogen) atoms. The molecule has 0 bridgehead atoms. The van der Waals surface area contributed by atoms with E-state index in [1.807, 2.05) is 150 Å². The van der Waals surface area contributed by atoms with E-state index in [0.29, 0.717) is 29.4 Å². The van der Waals surface area contributed by atoms with Crippen LogP contribution >= 0.6 is 11.8 Å². The van der Waals surface area contributed by atoms with E-state index in [9.17, 15) is 4.79 Å². The highest BCUT2D eigenvalue weighted by molar-refractivity contribution is 7.99. The molecule has 8 aromatic rings. The fourth-order valence-electron chi connectivity index (χ4n) is 11.4. The van der Waals surface area contributed by atoms with Crippen LogP contribution in [0.3, 0.4) is 0 Å². The van der Waals surface area contributed by atoms with Crippen LogP contribution in [0.15, 0.2) is 193 Å². The number of ether oxygens (including phenoxy) is 6. The second-order valence-electron chi connectivity index (χ2n) is 20.3. The van der Waals surface area contributed by atoms with Gasteiger partial charge < -0.3 is 43.1 Å². The van der Waals surface area contributed by atoms with Crippen LogP contribution in [0, 0.1) is 0 Å². The van der Waals surface area contributed by atoms with Crippen LogP contribution in [0.25, 0.3) is 0 Å². The first-order chi connectivity index (χ1) is 39.8. The summed E-state index contributed by atoms with van der Waals surface area (Å²) in [5.74, 6) is 0.634. The van der Waals surface area contributed by atoms with Crippen molar-refractivity contribution in [2.45, 2.75) is 101 Å². The lowest BCUT2D eigenvalue weighted by atomic mass is 9.74. The fraction of sp³-hybridized carbons (Fsp3) is 0.303. The van der Waals surface area contributed by atoms with Crippen molar-refractivity contribution >= 4 is 35.0 Å². The number of rotatable bonds is 23. The van der Waals surface area contributed by atoms with Gasteiger partial charge in [-0.05, 0) is 80.3 Å². The SMILES string of the molecule is CCN(CC)c1ccc2c(c1)Oc1cc(N(CC)CC)ccc1C21c2ccccc2C(=O)N1Cc1cn(CC(=O)OC[C@H]2O[C@@H](Sc3ccccc3)[C@H](OCc3ccccc3)[C@@H](OCc3ccccc3)[C@H]2OCc2ccccc2)nn1. The standard InChI is InChI=1S/C66H68N6O8S/c1-5-69(6-2)50-33-35-55-57(37-50)79-58-38-51(70(7-3)8-4)34-36-56(58)66(55)54-32-22-21-31-53(54)64(74)72(66)40-49-39-71(68-67-49)41-60(73)75-45-59-61(76-42-46-23-13-9-14-24-46)62(77-43-47-25-15-10-16-26-47)63(78-44-48-27-17-11-18-28-48)65(80-59)81-52-29-19-12-20-30-52/h9-39,59,61-63,65H,5-8,40-45H2,1-4H3/t59-,61+,62+,63-,65+/m1/s1. The van der Waals surface area contributed by atoms with Crippen LogP contribution in [0.5, 0.6) is 11.5 Å². The van der Waals surface area contributed by atoms with Crippen molar-refractivity contribution in [3.05, 3.63) is 233 Å². The summed E-state index contributed by atoms with van der Waals surface area (Å²) in [7, 11) is 0. The molecule has 15 heteroatoms. The number of thioether (sulfide) groups is 1. The molecule has 1 aromatic heterocycles. The predicted molar refractivity (Wildman–Crippen MR) is 313 cm³/mol. The van der Waals surface area contributed by atoms with Gasteiger partial charge in [0.25, 0.3) is 5.91 Å². The number of anilines is 2. The second-order valence-corrected chi connectivity index (χ2v) is 21.5. The minimum absolute atomic E-state index is 0.0751. The Balaban J connectivity index is 0.879. The van der Waals surface area contributed by atoms with Crippen LogP contribution in [-0.2, 0) is 66.9 Å². The average molecular weight is 1110 g/mol. The van der Waals surface area contributed by atoms with Gasteiger partial charge in [0.1, 0.15) is 65.7 Å². The fourth-order valence-corrected chi connectivity index (χ4v) is 12.6. The maximum absolute atomic E-state index is 15.1. The molecule has 0 radical (unpaired) electrons. The number of hydrogen-bond donors (Lipinski definition) is 0. The molecule has 416 valence electrons. The van der Waals surface area contributed by atoms with E-state index in [4.69, 9.17) is 28.4 Å².